The van der Waals surface area contributed by atoms with Crippen LogP contribution in [-0.2, 0) is 9.53 Å². The minimum Gasteiger partial charge on any atom is -0.442 e. The van der Waals surface area contributed by atoms with Gasteiger partial charge in [0.2, 0.25) is 0 Å². The van der Waals surface area contributed by atoms with Gasteiger partial charge in [0, 0.05) is 6.92 Å². The molecule has 0 aromatic rings. The molecule has 1 atom stereocenters. The van der Waals surface area contributed by atoms with Gasteiger partial charge in [0.05, 0.1) is 0 Å². The first-order chi connectivity index (χ1) is 4.16. The average molecular weight is 149 g/mol. The quantitative estimate of drug-likeness (QED) is 0.339. The summed E-state index contributed by atoms with van der Waals surface area (Å²) < 4.78 is 4.53. The van der Waals surface area contributed by atoms with E-state index in [1.807, 2.05) is 0 Å². The Bertz CT molecular complexity index is 120. The molecule has 2 nitrogen and oxygen atoms in total. The normalized spacial score (nSPS) is 13.7. The lowest BCUT2D eigenvalue weighted by atomic mass is 10.5. The third-order valence-corrected chi connectivity index (χ3v) is 0.857. The van der Waals surface area contributed by atoms with Crippen molar-refractivity contribution < 1.29 is 9.53 Å². The molecule has 0 aromatic carbocycles. The predicted molar refractivity (Wildman–Crippen MR) is 36.2 cm³/mol. The maximum Gasteiger partial charge on any atom is 0.304 e. The highest BCUT2D eigenvalue weighted by molar-refractivity contribution is 6.21. The van der Waals surface area contributed by atoms with Gasteiger partial charge in [-0.1, -0.05) is 17.7 Å². The lowest BCUT2D eigenvalue weighted by Crippen LogP contribution is -2.05. The number of alkyl halides is 1. The maximum absolute atomic E-state index is 10.2. The van der Waals surface area contributed by atoms with Crippen molar-refractivity contribution in [2.24, 2.45) is 0 Å². The van der Waals surface area contributed by atoms with Gasteiger partial charge >= 0.3 is 5.97 Å². The van der Waals surface area contributed by atoms with Crippen LogP contribution in [0.3, 0.4) is 0 Å². The summed E-state index contributed by atoms with van der Waals surface area (Å²) in [7, 11) is 0. The summed E-state index contributed by atoms with van der Waals surface area (Å²) in [6.07, 6.45) is 3.31. The van der Waals surface area contributed by atoms with Crippen molar-refractivity contribution in [3.8, 4) is 0 Å². The van der Waals surface area contributed by atoms with Crippen molar-refractivity contribution in [3.63, 3.8) is 0 Å². The minimum absolute atomic E-state index is 0.367. The van der Waals surface area contributed by atoms with Gasteiger partial charge in [0.1, 0.15) is 0 Å². The zero-order chi connectivity index (χ0) is 7.28. The molecule has 0 aliphatic rings. The second kappa shape index (κ2) is 4.39. The fourth-order valence-corrected chi connectivity index (χ4v) is 0.620. The smallest absolute Gasteiger partial charge is 0.304 e. The summed E-state index contributed by atoms with van der Waals surface area (Å²) >= 11 is 5.45. The highest BCUT2D eigenvalue weighted by Crippen LogP contribution is 1.99. The zero-order valence-corrected chi connectivity index (χ0v) is 6.18. The number of hydrogen-bond donors (Lipinski definition) is 0. The van der Waals surface area contributed by atoms with E-state index >= 15 is 0 Å². The summed E-state index contributed by atoms with van der Waals surface area (Å²) in [6, 6.07) is 0. The van der Waals surface area contributed by atoms with E-state index in [-0.39, 0.29) is 5.97 Å². The van der Waals surface area contributed by atoms with Crippen molar-refractivity contribution >= 4 is 17.6 Å². The van der Waals surface area contributed by atoms with Crippen molar-refractivity contribution in [3.05, 3.63) is 12.2 Å². The van der Waals surface area contributed by atoms with Gasteiger partial charge in [-0.25, -0.2) is 0 Å². The second-order valence-electron chi connectivity index (χ2n) is 1.49. The van der Waals surface area contributed by atoms with Crippen LogP contribution in [-0.4, -0.2) is 11.5 Å². The molecule has 0 saturated carbocycles. The number of rotatable bonds is 2. The number of halogens is 1. The molecule has 0 spiro atoms. The van der Waals surface area contributed by atoms with Crippen molar-refractivity contribution in [1.29, 1.82) is 0 Å². The topological polar surface area (TPSA) is 26.3 Å². The van der Waals surface area contributed by atoms with Crippen LogP contribution in [0.1, 0.15) is 13.8 Å². The van der Waals surface area contributed by atoms with Gasteiger partial charge < -0.3 is 4.74 Å². The standard InChI is InChI=1S/C6H9ClO2/c1-3-4-6(7)9-5(2)8/h3-4,6H,1-2H3. The Hall–Kier alpha value is -0.500. The highest BCUT2D eigenvalue weighted by Gasteiger charge is 1.99. The van der Waals surface area contributed by atoms with Crippen LogP contribution >= 0.6 is 11.6 Å². The Morgan fingerprint density at radius 1 is 1.78 bits per heavy atom. The van der Waals surface area contributed by atoms with Crippen molar-refractivity contribution in [1.82, 2.24) is 0 Å². The molecule has 0 N–H and O–H groups in total. The highest BCUT2D eigenvalue weighted by atomic mass is 35.5. The van der Waals surface area contributed by atoms with E-state index in [4.69, 9.17) is 11.6 Å². The van der Waals surface area contributed by atoms with E-state index in [0.29, 0.717) is 0 Å². The first-order valence-electron chi connectivity index (χ1n) is 2.61. The van der Waals surface area contributed by atoms with Crippen LogP contribution in [0.4, 0.5) is 0 Å². The SMILES string of the molecule is CC=CC(Cl)OC(C)=O. The van der Waals surface area contributed by atoms with Crippen molar-refractivity contribution in [2.75, 3.05) is 0 Å². The van der Waals surface area contributed by atoms with Crippen LogP contribution in [0.25, 0.3) is 0 Å². The second-order valence-corrected chi connectivity index (χ2v) is 1.92. The lowest BCUT2D eigenvalue weighted by molar-refractivity contribution is -0.141. The first kappa shape index (κ1) is 8.50. The molecule has 0 aliphatic heterocycles. The van der Waals surface area contributed by atoms with E-state index in [9.17, 15) is 4.79 Å². The van der Waals surface area contributed by atoms with Gasteiger partial charge in [-0.3, -0.25) is 4.79 Å². The number of carbonyl (C=O) groups is 1. The summed E-state index contributed by atoms with van der Waals surface area (Å²) in [5, 5.41) is 0. The number of esters is 1. The Labute approximate surface area is 59.5 Å². The molecular weight excluding hydrogens is 140 g/mol. The predicted octanol–water partition coefficient (Wildman–Crippen LogP) is 1.69. The number of allylic oxidation sites excluding steroid dienone is 1. The molecule has 0 amide bonds. The molecule has 0 rings (SSSR count). The van der Waals surface area contributed by atoms with Gasteiger partial charge in [0.15, 0.2) is 5.56 Å². The van der Waals surface area contributed by atoms with Gasteiger partial charge in [-0.2, -0.15) is 0 Å². The third-order valence-electron chi connectivity index (χ3n) is 0.622. The van der Waals surface area contributed by atoms with E-state index in [2.05, 4.69) is 4.74 Å². The fourth-order valence-electron chi connectivity index (χ4n) is 0.349. The van der Waals surface area contributed by atoms with Crippen LogP contribution in [0, 0.1) is 0 Å². The third kappa shape index (κ3) is 5.37. The minimum atomic E-state index is -0.618. The Balaban J connectivity index is 3.50. The molecule has 52 valence electrons. The molecule has 0 fully saturated rings. The average Bonchev–Trinajstić information content (AvgIpc) is 1.63. The molecule has 0 aromatic heterocycles. The van der Waals surface area contributed by atoms with Crippen LogP contribution in [0.2, 0.25) is 0 Å². The van der Waals surface area contributed by atoms with E-state index in [1.54, 1.807) is 19.1 Å². The number of carbonyl (C=O) groups excluding carboxylic acids is 1. The Kier molecular flexibility index (Phi) is 4.14. The Morgan fingerprint density at radius 2 is 2.33 bits per heavy atom. The van der Waals surface area contributed by atoms with Crippen molar-refractivity contribution in [2.45, 2.75) is 19.4 Å². The summed E-state index contributed by atoms with van der Waals surface area (Å²) in [5.74, 6) is -0.367. The molecular formula is C6H9ClO2. The monoisotopic (exact) mass is 148 g/mol. The summed E-state index contributed by atoms with van der Waals surface area (Å²) in [5.41, 5.74) is -0.618. The molecule has 0 heterocycles. The molecule has 3 heteroatoms. The molecule has 0 bridgehead atoms. The van der Waals surface area contributed by atoms with Gasteiger partial charge in [-0.15, -0.1) is 0 Å². The molecule has 0 saturated heterocycles. The van der Waals surface area contributed by atoms with Gasteiger partial charge in [0.25, 0.3) is 0 Å². The lowest BCUT2D eigenvalue weighted by Gasteiger charge is -2.01. The zero-order valence-electron chi connectivity index (χ0n) is 5.43. The van der Waals surface area contributed by atoms with Gasteiger partial charge in [-0.05, 0) is 13.0 Å². The molecule has 1 unspecified atom stereocenters. The molecule has 0 radical (unpaired) electrons. The van der Waals surface area contributed by atoms with E-state index < -0.39 is 5.56 Å². The molecule has 0 aliphatic carbocycles. The number of ether oxygens (including phenoxy) is 1. The largest absolute Gasteiger partial charge is 0.442 e. The summed E-state index contributed by atoms with van der Waals surface area (Å²) in [4.78, 5) is 10.2. The van der Waals surface area contributed by atoms with E-state index in [0.717, 1.165) is 0 Å². The van der Waals surface area contributed by atoms with Crippen LogP contribution in [0.5, 0.6) is 0 Å². The number of hydrogen-bond acceptors (Lipinski definition) is 2. The fraction of sp³-hybridized carbons (Fsp3) is 0.500. The maximum atomic E-state index is 10.2. The van der Waals surface area contributed by atoms with Crippen LogP contribution < -0.4 is 0 Å². The first-order valence-corrected chi connectivity index (χ1v) is 3.04. The summed E-state index contributed by atoms with van der Waals surface area (Å²) in [6.45, 7) is 3.12. The Morgan fingerprint density at radius 3 is 2.67 bits per heavy atom. The van der Waals surface area contributed by atoms with E-state index in [1.165, 1.54) is 6.92 Å². The molecule has 9 heavy (non-hydrogen) atoms. The van der Waals surface area contributed by atoms with Crippen LogP contribution in [0.15, 0.2) is 12.2 Å².